The molecule has 0 bridgehead atoms. The molecular formula is C29H25NO4. The summed E-state index contributed by atoms with van der Waals surface area (Å²) in [6.45, 7) is 0.632. The molecule has 1 N–H and O–H groups in total. The fourth-order valence-electron chi connectivity index (χ4n) is 3.99. The number of benzene rings is 3. The van der Waals surface area contributed by atoms with Crippen molar-refractivity contribution in [2.24, 2.45) is 0 Å². The normalized spacial score (nSPS) is 11.1. The highest BCUT2D eigenvalue weighted by Crippen LogP contribution is 2.29. The van der Waals surface area contributed by atoms with Crippen LogP contribution in [0.3, 0.4) is 0 Å². The second-order valence-corrected chi connectivity index (χ2v) is 7.89. The zero-order valence-corrected chi connectivity index (χ0v) is 18.8. The average Bonchev–Trinajstić information content (AvgIpc) is 2.86. The third-order valence-electron chi connectivity index (χ3n) is 5.57. The summed E-state index contributed by atoms with van der Waals surface area (Å²) in [6, 6.07) is 26.0. The Morgan fingerprint density at radius 3 is 2.24 bits per heavy atom. The SMILES string of the molecule is COCc1cn(Cc2ccccc2)c(=O)c(-c2ccccc2C(=O)O)c1C=Cc1ccccc1. The molecule has 3 aromatic carbocycles. The Balaban J connectivity index is 1.99. The quantitative estimate of drug-likeness (QED) is 0.380. The molecule has 0 unspecified atom stereocenters. The lowest BCUT2D eigenvalue weighted by Crippen LogP contribution is -2.25. The second kappa shape index (κ2) is 10.6. The van der Waals surface area contributed by atoms with E-state index in [4.69, 9.17) is 4.74 Å². The van der Waals surface area contributed by atoms with Gasteiger partial charge < -0.3 is 14.4 Å². The number of ether oxygens (including phenoxy) is 1. The van der Waals surface area contributed by atoms with Crippen molar-refractivity contribution in [3.05, 3.63) is 129 Å². The van der Waals surface area contributed by atoms with E-state index in [1.807, 2.05) is 72.8 Å². The van der Waals surface area contributed by atoms with Crippen LogP contribution >= 0.6 is 0 Å². The molecule has 0 aliphatic heterocycles. The number of aromatic nitrogens is 1. The number of carboxylic acid groups (broad SMARTS) is 1. The number of aromatic carboxylic acids is 1. The molecule has 4 aromatic rings. The van der Waals surface area contributed by atoms with Crippen molar-refractivity contribution in [2.45, 2.75) is 13.2 Å². The molecule has 1 heterocycles. The van der Waals surface area contributed by atoms with Crippen molar-refractivity contribution >= 4 is 18.1 Å². The van der Waals surface area contributed by atoms with Gasteiger partial charge in [0.15, 0.2) is 0 Å². The summed E-state index contributed by atoms with van der Waals surface area (Å²) in [4.78, 5) is 25.9. The number of hydrogen-bond donors (Lipinski definition) is 1. The third-order valence-corrected chi connectivity index (χ3v) is 5.57. The van der Waals surface area contributed by atoms with Crippen LogP contribution in [-0.4, -0.2) is 22.8 Å². The molecule has 0 spiro atoms. The first kappa shape index (κ1) is 23.0. The first-order valence-electron chi connectivity index (χ1n) is 10.9. The minimum absolute atomic E-state index is 0.0785. The lowest BCUT2D eigenvalue weighted by atomic mass is 9.93. The molecule has 0 saturated carbocycles. The van der Waals surface area contributed by atoms with E-state index >= 15 is 0 Å². The van der Waals surface area contributed by atoms with Gasteiger partial charge in [0.25, 0.3) is 5.56 Å². The van der Waals surface area contributed by atoms with Gasteiger partial charge in [0.1, 0.15) is 0 Å². The van der Waals surface area contributed by atoms with Crippen LogP contribution in [-0.2, 0) is 17.9 Å². The predicted molar refractivity (Wildman–Crippen MR) is 135 cm³/mol. The van der Waals surface area contributed by atoms with Crippen molar-refractivity contribution in [3.63, 3.8) is 0 Å². The lowest BCUT2D eigenvalue weighted by molar-refractivity contribution is 0.0697. The van der Waals surface area contributed by atoms with Gasteiger partial charge >= 0.3 is 5.97 Å². The first-order chi connectivity index (χ1) is 16.6. The van der Waals surface area contributed by atoms with Crippen molar-refractivity contribution in [3.8, 4) is 11.1 Å². The maximum atomic E-state index is 13.8. The largest absolute Gasteiger partial charge is 0.478 e. The molecule has 0 radical (unpaired) electrons. The van der Waals surface area contributed by atoms with Gasteiger partial charge in [-0.1, -0.05) is 91.0 Å². The van der Waals surface area contributed by atoms with Gasteiger partial charge in [-0.15, -0.1) is 0 Å². The van der Waals surface area contributed by atoms with Gasteiger partial charge in [0, 0.05) is 24.4 Å². The van der Waals surface area contributed by atoms with Crippen LogP contribution in [0, 0.1) is 0 Å². The Morgan fingerprint density at radius 2 is 1.56 bits per heavy atom. The first-order valence-corrected chi connectivity index (χ1v) is 10.9. The summed E-state index contributed by atoms with van der Waals surface area (Å²) in [5, 5.41) is 9.84. The molecule has 170 valence electrons. The highest BCUT2D eigenvalue weighted by atomic mass is 16.5. The summed E-state index contributed by atoms with van der Waals surface area (Å²) in [5.74, 6) is -1.08. The monoisotopic (exact) mass is 451 g/mol. The smallest absolute Gasteiger partial charge is 0.336 e. The van der Waals surface area contributed by atoms with E-state index in [9.17, 15) is 14.7 Å². The van der Waals surface area contributed by atoms with Gasteiger partial charge in [0.2, 0.25) is 0 Å². The highest BCUT2D eigenvalue weighted by molar-refractivity contribution is 5.97. The maximum absolute atomic E-state index is 13.8. The van der Waals surface area contributed by atoms with Crippen LogP contribution in [0.2, 0.25) is 0 Å². The van der Waals surface area contributed by atoms with Gasteiger partial charge in [-0.3, -0.25) is 4.79 Å². The number of hydrogen-bond acceptors (Lipinski definition) is 3. The van der Waals surface area contributed by atoms with Crippen LogP contribution < -0.4 is 5.56 Å². The Morgan fingerprint density at radius 1 is 0.912 bits per heavy atom. The Kier molecular flexibility index (Phi) is 7.16. The van der Waals surface area contributed by atoms with Crippen molar-refractivity contribution < 1.29 is 14.6 Å². The van der Waals surface area contributed by atoms with Crippen molar-refractivity contribution in [1.29, 1.82) is 0 Å². The molecule has 0 aliphatic rings. The number of carbonyl (C=O) groups is 1. The number of methoxy groups -OCH3 is 1. The van der Waals surface area contributed by atoms with E-state index in [1.54, 1.807) is 36.1 Å². The van der Waals surface area contributed by atoms with Crippen LogP contribution in [0.4, 0.5) is 0 Å². The number of rotatable bonds is 8. The molecule has 1 aromatic heterocycles. The molecule has 5 heteroatoms. The number of pyridine rings is 1. The zero-order valence-electron chi connectivity index (χ0n) is 18.8. The Labute approximate surface area is 198 Å². The molecule has 0 saturated heterocycles. The van der Waals surface area contributed by atoms with E-state index < -0.39 is 5.97 Å². The lowest BCUT2D eigenvalue weighted by Gasteiger charge is -2.17. The zero-order chi connectivity index (χ0) is 23.9. The summed E-state index contributed by atoms with van der Waals surface area (Å²) in [7, 11) is 1.60. The van der Waals surface area contributed by atoms with Gasteiger partial charge in [-0.25, -0.2) is 4.79 Å². The molecule has 4 rings (SSSR count). The summed E-state index contributed by atoms with van der Waals surface area (Å²) >= 11 is 0. The van der Waals surface area contributed by atoms with Crippen molar-refractivity contribution in [2.75, 3.05) is 7.11 Å². The molecule has 0 amide bonds. The predicted octanol–water partition coefficient (Wildman–Crippen LogP) is 5.58. The van der Waals surface area contributed by atoms with E-state index in [0.717, 1.165) is 16.7 Å². The van der Waals surface area contributed by atoms with Crippen LogP contribution in [0.5, 0.6) is 0 Å². The summed E-state index contributed by atoms with van der Waals surface area (Å²) in [6.07, 6.45) is 5.59. The fourth-order valence-corrected chi connectivity index (χ4v) is 3.99. The van der Waals surface area contributed by atoms with Gasteiger partial charge in [-0.05, 0) is 22.8 Å². The molecular weight excluding hydrogens is 426 g/mol. The third kappa shape index (κ3) is 5.05. The van der Waals surface area contributed by atoms with Crippen LogP contribution in [0.15, 0.2) is 95.9 Å². The topological polar surface area (TPSA) is 68.5 Å². The molecule has 0 atom stereocenters. The minimum Gasteiger partial charge on any atom is -0.478 e. The maximum Gasteiger partial charge on any atom is 0.336 e. The summed E-state index contributed by atoms with van der Waals surface area (Å²) in [5.41, 5.74) is 3.92. The van der Waals surface area contributed by atoms with E-state index in [1.165, 1.54) is 6.07 Å². The van der Waals surface area contributed by atoms with Crippen molar-refractivity contribution in [1.82, 2.24) is 4.57 Å². The van der Waals surface area contributed by atoms with Gasteiger partial charge in [-0.2, -0.15) is 0 Å². The fraction of sp³-hybridized carbons (Fsp3) is 0.103. The summed E-state index contributed by atoms with van der Waals surface area (Å²) < 4.78 is 7.09. The Hall–Kier alpha value is -4.22. The molecule has 5 nitrogen and oxygen atoms in total. The standard InChI is InChI=1S/C29H25NO4/c1-34-20-23-19-30(18-22-12-6-3-7-13-22)28(31)27(25-14-8-9-15-26(25)29(32)33)24(23)17-16-21-10-4-2-5-11-21/h2-17,19H,18,20H2,1H3,(H,32,33). The average molecular weight is 452 g/mol. The molecule has 34 heavy (non-hydrogen) atoms. The Bertz CT molecular complexity index is 1370. The second-order valence-electron chi connectivity index (χ2n) is 7.89. The molecule has 0 fully saturated rings. The van der Waals surface area contributed by atoms with Gasteiger partial charge in [0.05, 0.1) is 24.3 Å². The van der Waals surface area contributed by atoms with E-state index in [-0.39, 0.29) is 17.7 Å². The van der Waals surface area contributed by atoms with E-state index in [2.05, 4.69) is 0 Å². The van der Waals surface area contributed by atoms with Crippen LogP contribution in [0.25, 0.3) is 23.3 Å². The number of nitrogens with zero attached hydrogens (tertiary/aromatic N) is 1. The van der Waals surface area contributed by atoms with Crippen LogP contribution in [0.1, 0.15) is 32.6 Å². The minimum atomic E-state index is -1.08. The van der Waals surface area contributed by atoms with E-state index in [0.29, 0.717) is 23.2 Å². The number of carboxylic acids is 1. The molecule has 0 aliphatic carbocycles. The highest BCUT2D eigenvalue weighted by Gasteiger charge is 2.21.